The number of halogens is 1. The Morgan fingerprint density at radius 3 is 2.76 bits per heavy atom. The number of ether oxygens (including phenoxy) is 2. The standard InChI is InChI=1S/C27H22ClNO4S/c28-20-7-5-17-6-9-23(29-24(17)14-20)21-8-10-25-22(27(21)33-16-34-12-11-26(30)31)13-18-3-1-2-4-19(18)15-32-25/h1-10,14H,11-13,15-16H2,(H,30,31). The van der Waals surface area contributed by atoms with E-state index in [1.165, 1.54) is 17.3 Å². The number of carboxylic acids is 1. The van der Waals surface area contributed by atoms with E-state index in [1.807, 2.05) is 54.6 Å². The number of hydrogen-bond acceptors (Lipinski definition) is 5. The monoisotopic (exact) mass is 491 g/mol. The molecular formula is C27H22ClNO4S. The van der Waals surface area contributed by atoms with E-state index in [2.05, 4.69) is 12.1 Å². The molecule has 1 N–H and O–H groups in total. The summed E-state index contributed by atoms with van der Waals surface area (Å²) in [7, 11) is 0. The molecule has 1 aliphatic rings. The number of nitrogens with zero attached hydrogens (tertiary/aromatic N) is 1. The van der Waals surface area contributed by atoms with Crippen LogP contribution in [0.1, 0.15) is 23.1 Å². The van der Waals surface area contributed by atoms with Crippen molar-refractivity contribution in [1.82, 2.24) is 4.98 Å². The van der Waals surface area contributed by atoms with Gasteiger partial charge in [0.25, 0.3) is 0 Å². The molecule has 0 radical (unpaired) electrons. The number of hydrogen-bond donors (Lipinski definition) is 1. The van der Waals surface area contributed by atoms with Crippen LogP contribution < -0.4 is 9.47 Å². The van der Waals surface area contributed by atoms with Gasteiger partial charge in [-0.15, -0.1) is 11.8 Å². The van der Waals surface area contributed by atoms with Gasteiger partial charge in [-0.2, -0.15) is 0 Å². The predicted octanol–water partition coefficient (Wildman–Crippen LogP) is 6.58. The summed E-state index contributed by atoms with van der Waals surface area (Å²) in [5.74, 6) is 1.50. The van der Waals surface area contributed by atoms with Gasteiger partial charge in [0.05, 0.1) is 17.6 Å². The number of carboxylic acid groups (broad SMARTS) is 1. The Morgan fingerprint density at radius 1 is 1.09 bits per heavy atom. The van der Waals surface area contributed by atoms with Crippen molar-refractivity contribution in [3.63, 3.8) is 0 Å². The van der Waals surface area contributed by atoms with Gasteiger partial charge < -0.3 is 14.6 Å². The second-order valence-corrected chi connectivity index (χ2v) is 9.49. The summed E-state index contributed by atoms with van der Waals surface area (Å²) < 4.78 is 12.5. The van der Waals surface area contributed by atoms with Crippen LogP contribution in [0.3, 0.4) is 0 Å². The molecule has 0 fully saturated rings. The van der Waals surface area contributed by atoms with E-state index in [0.717, 1.165) is 39.0 Å². The van der Waals surface area contributed by atoms with Crippen LogP contribution in [0.2, 0.25) is 5.02 Å². The molecule has 0 bridgehead atoms. The Balaban J connectivity index is 1.56. The van der Waals surface area contributed by atoms with Crippen molar-refractivity contribution < 1.29 is 19.4 Å². The normalized spacial score (nSPS) is 12.4. The molecule has 5 rings (SSSR count). The van der Waals surface area contributed by atoms with E-state index in [1.54, 1.807) is 0 Å². The van der Waals surface area contributed by atoms with Crippen molar-refractivity contribution in [2.45, 2.75) is 19.4 Å². The maximum Gasteiger partial charge on any atom is 0.304 e. The summed E-state index contributed by atoms with van der Waals surface area (Å²) in [6, 6.07) is 21.9. The number of aromatic nitrogens is 1. The molecule has 7 heteroatoms. The molecule has 0 atom stereocenters. The Hall–Kier alpha value is -3.22. The van der Waals surface area contributed by atoms with Crippen LogP contribution >= 0.6 is 23.4 Å². The van der Waals surface area contributed by atoms with E-state index in [9.17, 15) is 4.79 Å². The Morgan fingerprint density at radius 2 is 1.91 bits per heavy atom. The fourth-order valence-corrected chi connectivity index (χ4v) is 4.86. The summed E-state index contributed by atoms with van der Waals surface area (Å²) >= 11 is 7.65. The molecule has 3 aromatic carbocycles. The first-order valence-corrected chi connectivity index (χ1v) is 12.5. The number of thioether (sulfide) groups is 1. The molecule has 1 aromatic heterocycles. The lowest BCUT2D eigenvalue weighted by Gasteiger charge is -2.18. The van der Waals surface area contributed by atoms with E-state index in [4.69, 9.17) is 31.2 Å². The molecule has 0 aliphatic carbocycles. The average Bonchev–Trinajstić information content (AvgIpc) is 3.03. The highest BCUT2D eigenvalue weighted by Gasteiger charge is 2.22. The number of benzene rings is 3. The smallest absolute Gasteiger partial charge is 0.304 e. The lowest BCUT2D eigenvalue weighted by Crippen LogP contribution is -2.04. The number of aliphatic carboxylic acids is 1. The Bertz CT molecular complexity index is 1370. The van der Waals surface area contributed by atoms with E-state index in [0.29, 0.717) is 35.5 Å². The topological polar surface area (TPSA) is 68.7 Å². The van der Waals surface area contributed by atoms with Crippen LogP contribution in [0.15, 0.2) is 66.7 Å². The Labute approximate surface area is 206 Å². The van der Waals surface area contributed by atoms with Crippen molar-refractivity contribution >= 4 is 40.2 Å². The third-order valence-electron chi connectivity index (χ3n) is 5.76. The molecule has 4 aromatic rings. The van der Waals surface area contributed by atoms with Crippen molar-refractivity contribution in [2.24, 2.45) is 0 Å². The zero-order valence-corrected chi connectivity index (χ0v) is 19.9. The van der Waals surface area contributed by atoms with Gasteiger partial charge in [0.1, 0.15) is 24.0 Å². The SMILES string of the molecule is O=C(O)CCSCOc1c(-c2ccc3ccc(Cl)cc3n2)ccc2c1Cc1ccccc1CO2. The quantitative estimate of drug-likeness (QED) is 0.232. The Kier molecular flexibility index (Phi) is 6.61. The van der Waals surface area contributed by atoms with Crippen molar-refractivity contribution in [1.29, 1.82) is 0 Å². The molecule has 0 amide bonds. The van der Waals surface area contributed by atoms with Gasteiger partial charge in [-0.05, 0) is 41.5 Å². The highest BCUT2D eigenvalue weighted by molar-refractivity contribution is 7.99. The maximum atomic E-state index is 10.9. The van der Waals surface area contributed by atoms with E-state index >= 15 is 0 Å². The van der Waals surface area contributed by atoms with Crippen molar-refractivity contribution in [3.8, 4) is 22.8 Å². The molecule has 1 aliphatic heterocycles. The summed E-state index contributed by atoms with van der Waals surface area (Å²) in [4.78, 5) is 15.7. The van der Waals surface area contributed by atoms with Crippen LogP contribution in [0.25, 0.3) is 22.2 Å². The summed E-state index contributed by atoms with van der Waals surface area (Å²) in [6.07, 6.45) is 0.769. The molecule has 0 saturated carbocycles. The molecular weight excluding hydrogens is 470 g/mol. The summed E-state index contributed by atoms with van der Waals surface area (Å²) in [5.41, 5.74) is 5.77. The van der Waals surface area contributed by atoms with Crippen molar-refractivity contribution in [2.75, 3.05) is 11.7 Å². The molecule has 5 nitrogen and oxygen atoms in total. The first-order valence-electron chi connectivity index (χ1n) is 10.9. The largest absolute Gasteiger partial charge is 0.488 e. The number of carbonyl (C=O) groups is 1. The van der Waals surface area contributed by atoms with Crippen LogP contribution in [0.5, 0.6) is 11.5 Å². The lowest BCUT2D eigenvalue weighted by atomic mass is 9.97. The lowest BCUT2D eigenvalue weighted by molar-refractivity contribution is -0.136. The highest BCUT2D eigenvalue weighted by atomic mass is 35.5. The zero-order chi connectivity index (χ0) is 23.5. The molecule has 2 heterocycles. The van der Waals surface area contributed by atoms with Gasteiger partial charge in [0, 0.05) is 33.7 Å². The van der Waals surface area contributed by atoms with Gasteiger partial charge in [0.2, 0.25) is 0 Å². The van der Waals surface area contributed by atoms with Gasteiger partial charge in [0.15, 0.2) is 0 Å². The van der Waals surface area contributed by atoms with Crippen LogP contribution in [0.4, 0.5) is 0 Å². The number of fused-ring (bicyclic) bond motifs is 3. The first kappa shape index (κ1) is 22.6. The minimum Gasteiger partial charge on any atom is -0.488 e. The van der Waals surface area contributed by atoms with Crippen molar-refractivity contribution in [3.05, 3.63) is 88.4 Å². The van der Waals surface area contributed by atoms with E-state index in [-0.39, 0.29) is 6.42 Å². The number of pyridine rings is 1. The fraction of sp³-hybridized carbons (Fsp3) is 0.185. The van der Waals surface area contributed by atoms with Gasteiger partial charge in [-0.3, -0.25) is 4.79 Å². The highest BCUT2D eigenvalue weighted by Crippen LogP contribution is 2.42. The number of rotatable bonds is 7. The van der Waals surface area contributed by atoms with Crippen LogP contribution in [-0.2, 0) is 17.8 Å². The average molecular weight is 492 g/mol. The van der Waals surface area contributed by atoms with Gasteiger partial charge in [-0.25, -0.2) is 4.98 Å². The maximum absolute atomic E-state index is 10.9. The molecule has 0 saturated heterocycles. The van der Waals surface area contributed by atoms with Gasteiger partial charge in [-0.1, -0.05) is 48.0 Å². The molecule has 0 spiro atoms. The van der Waals surface area contributed by atoms with Crippen LogP contribution in [-0.4, -0.2) is 27.8 Å². The summed E-state index contributed by atoms with van der Waals surface area (Å²) in [5, 5.41) is 10.6. The molecule has 0 unspecified atom stereocenters. The van der Waals surface area contributed by atoms with E-state index < -0.39 is 5.97 Å². The second kappa shape index (κ2) is 9.95. The van der Waals surface area contributed by atoms with Gasteiger partial charge >= 0.3 is 5.97 Å². The summed E-state index contributed by atoms with van der Waals surface area (Å²) in [6.45, 7) is 0.502. The third kappa shape index (κ3) is 4.83. The predicted molar refractivity (Wildman–Crippen MR) is 136 cm³/mol. The molecule has 34 heavy (non-hydrogen) atoms. The first-order chi connectivity index (χ1) is 16.6. The molecule has 172 valence electrons. The minimum absolute atomic E-state index is 0.0945. The minimum atomic E-state index is -0.814. The zero-order valence-electron chi connectivity index (χ0n) is 18.3. The van der Waals surface area contributed by atoms with Crippen LogP contribution in [0, 0.1) is 0 Å². The fourth-order valence-electron chi connectivity index (χ4n) is 4.05. The third-order valence-corrected chi connectivity index (χ3v) is 6.78. The second-order valence-electron chi connectivity index (χ2n) is 8.00.